The maximum Gasteiger partial charge on any atom is 0.229 e. The van der Waals surface area contributed by atoms with Gasteiger partial charge in [-0.25, -0.2) is 0 Å². The number of aryl methyl sites for hydroxylation is 1. The second kappa shape index (κ2) is 3.84. The Bertz CT molecular complexity index is 493. The van der Waals surface area contributed by atoms with E-state index >= 15 is 0 Å². The van der Waals surface area contributed by atoms with E-state index in [-0.39, 0.29) is 0 Å². The molecule has 0 unspecified atom stereocenters. The molecule has 2 aromatic rings. The molecule has 0 bridgehead atoms. The predicted octanol–water partition coefficient (Wildman–Crippen LogP) is 2.60. The number of anilines is 2. The van der Waals surface area contributed by atoms with E-state index in [0.29, 0.717) is 11.4 Å². The van der Waals surface area contributed by atoms with Crippen LogP contribution in [-0.2, 0) is 0 Å². The fourth-order valence-electron chi connectivity index (χ4n) is 1.19. The number of nitrogens with zero attached hydrogens (tertiary/aromatic N) is 2. The number of aromatic nitrogens is 1. The van der Waals surface area contributed by atoms with Crippen LogP contribution in [0, 0.1) is 18.3 Å². The van der Waals surface area contributed by atoms with Crippen molar-refractivity contribution in [3.63, 3.8) is 0 Å². The summed E-state index contributed by atoms with van der Waals surface area (Å²) in [5.74, 6) is 0.595. The van der Waals surface area contributed by atoms with Crippen LogP contribution in [0.25, 0.3) is 0 Å². The van der Waals surface area contributed by atoms with Crippen LogP contribution in [0.2, 0.25) is 0 Å². The first kappa shape index (κ1) is 9.28. The van der Waals surface area contributed by atoms with Gasteiger partial charge in [-0.2, -0.15) is 5.26 Å². The standard InChI is InChI=1S/C11H9N3O/c1-8-6-11(15-14-8)13-10-4-2-9(7-12)3-5-10/h2-6,13H,1H3. The molecular weight excluding hydrogens is 190 g/mol. The molecule has 0 atom stereocenters. The SMILES string of the molecule is Cc1cc(Nc2ccc(C#N)cc2)on1. The van der Waals surface area contributed by atoms with Gasteiger partial charge in [0.1, 0.15) is 0 Å². The maximum atomic E-state index is 8.62. The summed E-state index contributed by atoms with van der Waals surface area (Å²) in [7, 11) is 0. The minimum atomic E-state index is 0.595. The number of nitriles is 1. The zero-order valence-electron chi connectivity index (χ0n) is 8.19. The summed E-state index contributed by atoms with van der Waals surface area (Å²) in [5.41, 5.74) is 2.32. The summed E-state index contributed by atoms with van der Waals surface area (Å²) in [6.07, 6.45) is 0. The van der Waals surface area contributed by atoms with E-state index in [1.165, 1.54) is 0 Å². The molecule has 74 valence electrons. The lowest BCUT2D eigenvalue weighted by Crippen LogP contribution is -1.87. The molecule has 1 heterocycles. The molecule has 1 aromatic heterocycles. The van der Waals surface area contributed by atoms with Gasteiger partial charge >= 0.3 is 0 Å². The molecule has 0 saturated carbocycles. The van der Waals surface area contributed by atoms with Crippen molar-refractivity contribution in [1.82, 2.24) is 5.16 Å². The average Bonchev–Trinajstić information content (AvgIpc) is 2.65. The molecule has 0 aliphatic heterocycles. The zero-order valence-corrected chi connectivity index (χ0v) is 8.19. The van der Waals surface area contributed by atoms with Crippen molar-refractivity contribution in [2.24, 2.45) is 0 Å². The molecule has 15 heavy (non-hydrogen) atoms. The van der Waals surface area contributed by atoms with E-state index in [1.807, 2.05) is 19.1 Å². The van der Waals surface area contributed by atoms with Crippen LogP contribution in [0.3, 0.4) is 0 Å². The van der Waals surface area contributed by atoms with Gasteiger partial charge in [0, 0.05) is 11.8 Å². The lowest BCUT2D eigenvalue weighted by atomic mass is 10.2. The summed E-state index contributed by atoms with van der Waals surface area (Å²) in [6.45, 7) is 1.85. The molecule has 2 rings (SSSR count). The van der Waals surface area contributed by atoms with Gasteiger partial charge in [0.05, 0.1) is 17.3 Å². The number of rotatable bonds is 2. The third kappa shape index (κ3) is 2.15. The fraction of sp³-hybridized carbons (Fsp3) is 0.0909. The summed E-state index contributed by atoms with van der Waals surface area (Å²) >= 11 is 0. The molecule has 0 radical (unpaired) electrons. The van der Waals surface area contributed by atoms with Crippen LogP contribution in [0.15, 0.2) is 34.9 Å². The van der Waals surface area contributed by atoms with Crippen molar-refractivity contribution in [3.05, 3.63) is 41.6 Å². The van der Waals surface area contributed by atoms with E-state index in [4.69, 9.17) is 9.78 Å². The molecule has 4 heteroatoms. The molecule has 0 amide bonds. The smallest absolute Gasteiger partial charge is 0.229 e. The first-order valence-electron chi connectivity index (χ1n) is 4.48. The minimum Gasteiger partial charge on any atom is -0.338 e. The van der Waals surface area contributed by atoms with Crippen molar-refractivity contribution in [3.8, 4) is 6.07 Å². The average molecular weight is 199 g/mol. The van der Waals surface area contributed by atoms with Gasteiger partial charge in [-0.3, -0.25) is 0 Å². The Kier molecular flexibility index (Phi) is 2.38. The second-order valence-corrected chi connectivity index (χ2v) is 3.15. The second-order valence-electron chi connectivity index (χ2n) is 3.15. The van der Waals surface area contributed by atoms with Crippen molar-refractivity contribution < 1.29 is 4.52 Å². The maximum absolute atomic E-state index is 8.62. The number of nitrogens with one attached hydrogen (secondary N) is 1. The lowest BCUT2D eigenvalue weighted by Gasteiger charge is -2.00. The Labute approximate surface area is 87.1 Å². The van der Waals surface area contributed by atoms with Gasteiger partial charge in [-0.1, -0.05) is 5.16 Å². The van der Waals surface area contributed by atoms with Gasteiger partial charge in [0.2, 0.25) is 5.88 Å². The van der Waals surface area contributed by atoms with E-state index < -0.39 is 0 Å². The van der Waals surface area contributed by atoms with Crippen LogP contribution in [0.5, 0.6) is 0 Å². The molecule has 4 nitrogen and oxygen atoms in total. The first-order valence-corrected chi connectivity index (χ1v) is 4.48. The number of benzene rings is 1. The monoisotopic (exact) mass is 199 g/mol. The van der Waals surface area contributed by atoms with Crippen LogP contribution in [-0.4, -0.2) is 5.16 Å². The highest BCUT2D eigenvalue weighted by Gasteiger charge is 2.00. The summed E-state index contributed by atoms with van der Waals surface area (Å²) in [6, 6.07) is 11.0. The molecule has 0 aliphatic rings. The first-order chi connectivity index (χ1) is 7.28. The largest absolute Gasteiger partial charge is 0.338 e. The molecule has 0 aliphatic carbocycles. The van der Waals surface area contributed by atoms with Crippen LogP contribution >= 0.6 is 0 Å². The van der Waals surface area contributed by atoms with E-state index in [1.54, 1.807) is 18.2 Å². The third-order valence-electron chi connectivity index (χ3n) is 1.91. The van der Waals surface area contributed by atoms with Crippen molar-refractivity contribution in [1.29, 1.82) is 5.26 Å². The molecule has 0 fully saturated rings. The predicted molar refractivity (Wildman–Crippen MR) is 55.7 cm³/mol. The normalized spacial score (nSPS) is 9.60. The van der Waals surface area contributed by atoms with Crippen molar-refractivity contribution in [2.75, 3.05) is 5.32 Å². The molecule has 1 aromatic carbocycles. The Morgan fingerprint density at radius 3 is 2.60 bits per heavy atom. The van der Waals surface area contributed by atoms with Gasteiger partial charge in [0.25, 0.3) is 0 Å². The fourth-order valence-corrected chi connectivity index (χ4v) is 1.19. The molecule has 0 saturated heterocycles. The van der Waals surface area contributed by atoms with Crippen LogP contribution in [0.1, 0.15) is 11.3 Å². The van der Waals surface area contributed by atoms with E-state index in [9.17, 15) is 0 Å². The Morgan fingerprint density at radius 2 is 2.07 bits per heavy atom. The molecule has 1 N–H and O–H groups in total. The van der Waals surface area contributed by atoms with Crippen molar-refractivity contribution in [2.45, 2.75) is 6.92 Å². The Morgan fingerprint density at radius 1 is 1.33 bits per heavy atom. The number of hydrogen-bond acceptors (Lipinski definition) is 4. The Hall–Kier alpha value is -2.28. The zero-order chi connectivity index (χ0) is 10.7. The Balaban J connectivity index is 2.15. The quantitative estimate of drug-likeness (QED) is 0.807. The summed E-state index contributed by atoms with van der Waals surface area (Å²) < 4.78 is 5.00. The highest BCUT2D eigenvalue weighted by Crippen LogP contribution is 2.17. The van der Waals surface area contributed by atoms with Crippen molar-refractivity contribution >= 4 is 11.6 Å². The van der Waals surface area contributed by atoms with Gasteiger partial charge < -0.3 is 9.84 Å². The topological polar surface area (TPSA) is 61.9 Å². The van der Waals surface area contributed by atoms with Gasteiger partial charge in [0.15, 0.2) is 0 Å². The highest BCUT2D eigenvalue weighted by atomic mass is 16.5. The van der Waals surface area contributed by atoms with E-state index in [2.05, 4.69) is 16.5 Å². The highest BCUT2D eigenvalue weighted by molar-refractivity contribution is 5.56. The van der Waals surface area contributed by atoms with Crippen LogP contribution < -0.4 is 5.32 Å². The lowest BCUT2D eigenvalue weighted by molar-refractivity contribution is 0.430. The molecule has 0 spiro atoms. The van der Waals surface area contributed by atoms with Crippen LogP contribution in [0.4, 0.5) is 11.6 Å². The van der Waals surface area contributed by atoms with Gasteiger partial charge in [-0.15, -0.1) is 0 Å². The third-order valence-corrected chi connectivity index (χ3v) is 1.91. The van der Waals surface area contributed by atoms with Gasteiger partial charge in [-0.05, 0) is 31.2 Å². The van der Waals surface area contributed by atoms with E-state index in [0.717, 1.165) is 11.4 Å². The summed E-state index contributed by atoms with van der Waals surface area (Å²) in [4.78, 5) is 0. The summed E-state index contributed by atoms with van der Waals surface area (Å²) in [5, 5.41) is 15.4. The minimum absolute atomic E-state index is 0.595. The number of hydrogen-bond donors (Lipinski definition) is 1. The molecular formula is C11H9N3O.